The lowest BCUT2D eigenvalue weighted by atomic mass is 10.2. The number of carbonyl (C=O) groups excluding carboxylic acids is 1. The molecule has 4 unspecified atom stereocenters. The van der Waals surface area contributed by atoms with Crippen molar-refractivity contribution in [1.82, 2.24) is 9.62 Å². The Morgan fingerprint density at radius 3 is 2.83 bits per heavy atom. The molecule has 7 nitrogen and oxygen atoms in total. The van der Waals surface area contributed by atoms with Gasteiger partial charge in [0.15, 0.2) is 1.41 Å². The number of unbranched alkanes of at least 4 members (excludes halogenated alkanes) is 1. The van der Waals surface area contributed by atoms with E-state index in [1.54, 1.807) is 0 Å². The molecule has 0 radical (unpaired) electrons. The molecule has 2 rings (SSSR count). The fourth-order valence-corrected chi connectivity index (χ4v) is 2.86. The summed E-state index contributed by atoms with van der Waals surface area (Å²) < 4.78 is 204. The number of benzene rings is 1. The number of halogens is 1. The third-order valence-electron chi connectivity index (χ3n) is 3.32. The molecular formula is C20H33FN4O3S. The highest BCUT2D eigenvalue weighted by Gasteiger charge is 2.18. The monoisotopic (exact) mass is 449 g/mol. The number of amides is 1. The van der Waals surface area contributed by atoms with E-state index in [1.807, 2.05) is 0 Å². The maximum atomic E-state index is 15.0. The van der Waals surface area contributed by atoms with E-state index >= 15 is 4.39 Å². The number of nitrogens with one attached hydrogen (secondary N) is 2. The first-order valence-electron chi connectivity index (χ1n) is 18.8. The average molecular weight is 450 g/mol. The van der Waals surface area contributed by atoms with Crippen LogP contribution < -0.4 is 14.9 Å². The normalized spacial score (nSPS) is 38.7. The van der Waals surface area contributed by atoms with Gasteiger partial charge in [0, 0.05) is 70.0 Å². The van der Waals surface area contributed by atoms with Gasteiger partial charge in [0.25, 0.3) is 0 Å². The topological polar surface area (TPSA) is 81.8 Å². The lowest BCUT2D eigenvalue weighted by Gasteiger charge is -2.36. The first kappa shape index (κ1) is 7.76. The molecule has 0 aliphatic carbocycles. The van der Waals surface area contributed by atoms with Gasteiger partial charge in [0.1, 0.15) is 7.23 Å². The Labute approximate surface area is 203 Å². The fourth-order valence-electron chi connectivity index (χ4n) is 2.16. The van der Waals surface area contributed by atoms with Gasteiger partial charge in [-0.2, -0.15) is 0 Å². The second kappa shape index (κ2) is 10.9. The van der Waals surface area contributed by atoms with Crippen LogP contribution in [0.1, 0.15) is 59.4 Å². The van der Waals surface area contributed by atoms with Crippen LogP contribution in [0, 0.1) is 11.7 Å². The minimum Gasteiger partial charge on any atom is -0.369 e. The van der Waals surface area contributed by atoms with Crippen molar-refractivity contribution in [1.29, 1.82) is 0 Å². The lowest BCUT2D eigenvalue weighted by Crippen LogP contribution is -2.46. The highest BCUT2D eigenvalue weighted by atomic mass is 32.2. The van der Waals surface area contributed by atoms with Crippen LogP contribution in [0.4, 0.5) is 15.8 Å². The Kier molecular flexibility index (Phi) is 2.92. The highest BCUT2D eigenvalue weighted by molar-refractivity contribution is 7.89. The van der Waals surface area contributed by atoms with Crippen LogP contribution in [0.15, 0.2) is 18.1 Å². The predicted molar refractivity (Wildman–Crippen MR) is 115 cm³/mol. The van der Waals surface area contributed by atoms with Crippen LogP contribution in [-0.4, -0.2) is 64.1 Å². The predicted octanol–water partition coefficient (Wildman–Crippen LogP) is 2.26. The quantitative estimate of drug-likeness (QED) is 0.536. The molecule has 1 aromatic rings. The second-order valence-corrected chi connectivity index (χ2v) is 6.97. The van der Waals surface area contributed by atoms with E-state index in [0.29, 0.717) is 4.90 Å². The summed E-state index contributed by atoms with van der Waals surface area (Å²) in [5, 5.41) is -0.453. The summed E-state index contributed by atoms with van der Waals surface area (Å²) in [6.07, 6.45) is -0.603. The van der Waals surface area contributed by atoms with Gasteiger partial charge in [-0.15, -0.1) is 0 Å². The summed E-state index contributed by atoms with van der Waals surface area (Å²) in [7, 11) is -5.76. The van der Waals surface area contributed by atoms with Crippen LogP contribution in [0.3, 0.4) is 0 Å². The van der Waals surface area contributed by atoms with E-state index in [2.05, 4.69) is 0 Å². The van der Waals surface area contributed by atoms with Crippen LogP contribution in [0.25, 0.3) is 0 Å². The molecule has 1 aromatic carbocycles. The molecule has 2 N–H and O–H groups in total. The zero-order valence-electron chi connectivity index (χ0n) is 35.9. The van der Waals surface area contributed by atoms with Gasteiger partial charge < -0.3 is 10.2 Å². The largest absolute Gasteiger partial charge is 0.369 e. The number of piperazine rings is 1. The Morgan fingerprint density at radius 2 is 2.14 bits per heavy atom. The maximum absolute atomic E-state index is 15.0. The molecule has 1 heterocycles. The van der Waals surface area contributed by atoms with Crippen molar-refractivity contribution in [2.45, 2.75) is 33.4 Å². The van der Waals surface area contributed by atoms with Gasteiger partial charge >= 0.3 is 0 Å². The molecule has 1 fully saturated rings. The van der Waals surface area contributed by atoms with Gasteiger partial charge in [0.2, 0.25) is 15.9 Å². The van der Waals surface area contributed by atoms with Gasteiger partial charge in [0.05, 0.1) is 12.6 Å². The van der Waals surface area contributed by atoms with E-state index in [4.69, 9.17) is 28.9 Å². The number of nitrogens with zero attached hydrogens (tertiary/aromatic N) is 2. The number of anilines is 2. The lowest BCUT2D eigenvalue weighted by molar-refractivity contribution is -0.114. The summed E-state index contributed by atoms with van der Waals surface area (Å²) >= 11 is 0. The number of hydrogen-bond acceptors (Lipinski definition) is 5. The van der Waals surface area contributed by atoms with Crippen molar-refractivity contribution < 1.29 is 46.5 Å². The zero-order chi connectivity index (χ0) is 39.5. The van der Waals surface area contributed by atoms with Crippen LogP contribution in [-0.2, 0) is 14.8 Å². The molecule has 1 amide bonds. The van der Waals surface area contributed by atoms with Crippen molar-refractivity contribution in [3.63, 3.8) is 0 Å². The Morgan fingerprint density at radius 1 is 1.38 bits per heavy atom. The van der Waals surface area contributed by atoms with Crippen molar-refractivity contribution in [3.8, 4) is 0 Å². The third-order valence-corrected chi connectivity index (χ3v) is 4.30. The van der Waals surface area contributed by atoms with E-state index in [-0.39, 0.29) is 19.4 Å². The van der Waals surface area contributed by atoms with Crippen molar-refractivity contribution in [2.24, 2.45) is 5.89 Å². The van der Waals surface area contributed by atoms with E-state index in [0.717, 1.165) is 4.90 Å². The first-order chi connectivity index (χ1) is 22.2. The number of sulfonamides is 1. The molecule has 1 aliphatic rings. The minimum atomic E-state index is -5.76. The second-order valence-electron chi connectivity index (χ2n) is 5.56. The molecular weight excluding hydrogens is 395 g/mol. The summed E-state index contributed by atoms with van der Waals surface area (Å²) in [5.41, 5.74) is -6.55. The molecule has 0 saturated carbocycles. The molecule has 0 spiro atoms. The summed E-state index contributed by atoms with van der Waals surface area (Å²) in [4.78, 5) is 13.6. The van der Waals surface area contributed by atoms with Crippen molar-refractivity contribution in [2.75, 3.05) is 55.1 Å². The average Bonchev–Trinajstić information content (AvgIpc) is 2.97. The molecule has 1 aliphatic heterocycles. The maximum Gasteiger partial charge on any atom is 0.221 e. The van der Waals surface area contributed by atoms with Crippen molar-refractivity contribution >= 4 is 27.3 Å². The number of carbonyl (C=O) groups is 1. The van der Waals surface area contributed by atoms with Crippen LogP contribution >= 0.6 is 0 Å². The molecule has 164 valence electrons. The van der Waals surface area contributed by atoms with Crippen LogP contribution in [0.2, 0.25) is 2.82 Å². The van der Waals surface area contributed by atoms with E-state index in [1.165, 1.54) is 0 Å². The Balaban J connectivity index is 2.33. The first-order valence-corrected chi connectivity index (χ1v) is 9.56. The summed E-state index contributed by atoms with van der Waals surface area (Å²) in [5.74, 6) is -7.91. The third kappa shape index (κ3) is 8.67. The summed E-state index contributed by atoms with van der Waals surface area (Å²) in [6, 6.07) is -3.83. The molecule has 0 aromatic heterocycles. The number of hydrogen-bond donors (Lipinski definition) is 2. The SMILES string of the molecule is [2H]c1c(F)c([2H])c(N2C([2H])C([2H])N(CCCCN([2H])S(=O)(=O)C([2H])([2H])C([2H])(C([2H])([2H])[2H])C([2H])([2H])[2H])C([2H])C2[2H])c([2H])c1N([2H])C(=O)C([2H])([2H])[2H]. The molecule has 0 bridgehead atoms. The highest BCUT2D eigenvalue weighted by Crippen LogP contribution is 2.23. The van der Waals surface area contributed by atoms with Gasteiger partial charge in [-0.05, 0) is 43.4 Å². The van der Waals surface area contributed by atoms with Gasteiger partial charge in [-0.1, -0.05) is 13.7 Å². The van der Waals surface area contributed by atoms with Gasteiger partial charge in [-0.3, -0.25) is 9.69 Å². The smallest absolute Gasteiger partial charge is 0.221 e. The zero-order valence-corrected chi connectivity index (χ0v) is 15.8. The summed E-state index contributed by atoms with van der Waals surface area (Å²) in [6.45, 7) is -20.4. The van der Waals surface area contributed by atoms with Gasteiger partial charge in [-0.25, -0.2) is 17.5 Å². The van der Waals surface area contributed by atoms with E-state index < -0.39 is 126 Å². The molecule has 9 heteroatoms. The molecule has 4 atom stereocenters. The number of rotatable bonds is 10. The standard InChI is InChI=1S/C20H33FN4O3S/c1-16(2)15-29(27,28)22-6-4-5-7-24-8-10-25(11-9-24)20-13-18(21)12-19(14-20)23-17(3)26/h12-14,16,22H,4-11,15H2,1-3H3,(H,23,26)/i1D3,2D3,3D3,8D,9D,10D,11D,12D,13D,14D,15D2,16D/hD2. The molecule has 29 heavy (non-hydrogen) atoms. The van der Waals surface area contributed by atoms with E-state index in [9.17, 15) is 13.2 Å². The van der Waals surface area contributed by atoms with Crippen LogP contribution in [0.5, 0.6) is 0 Å². The Hall–Kier alpha value is -1.71. The van der Waals surface area contributed by atoms with Crippen molar-refractivity contribution in [3.05, 3.63) is 23.9 Å². The Bertz CT molecular complexity index is 1510. The fraction of sp³-hybridized carbons (Fsp3) is 0.650. The minimum absolute atomic E-state index is 0.229. The molecule has 1 saturated heterocycles.